The van der Waals surface area contributed by atoms with E-state index in [1.54, 1.807) is 18.0 Å². The van der Waals surface area contributed by atoms with Crippen molar-refractivity contribution in [2.75, 3.05) is 19.5 Å². The van der Waals surface area contributed by atoms with Crippen LogP contribution in [0.4, 0.5) is 5.82 Å². The van der Waals surface area contributed by atoms with Crippen LogP contribution in [0.2, 0.25) is 0 Å². The number of methoxy groups -OCH3 is 1. The van der Waals surface area contributed by atoms with Crippen LogP contribution in [0.3, 0.4) is 0 Å². The second kappa shape index (κ2) is 4.72. The van der Waals surface area contributed by atoms with Crippen molar-refractivity contribution in [2.45, 2.75) is 25.5 Å². The van der Waals surface area contributed by atoms with E-state index in [2.05, 4.69) is 15.0 Å². The zero-order valence-electron chi connectivity index (χ0n) is 10.7. The van der Waals surface area contributed by atoms with Gasteiger partial charge < -0.3 is 19.9 Å². The van der Waals surface area contributed by atoms with Crippen molar-refractivity contribution in [3.63, 3.8) is 0 Å². The highest BCUT2D eigenvalue weighted by atomic mass is 16.7. The lowest BCUT2D eigenvalue weighted by Gasteiger charge is -2.43. The number of rotatable bonds is 4. The van der Waals surface area contributed by atoms with Crippen molar-refractivity contribution < 1.29 is 14.2 Å². The van der Waals surface area contributed by atoms with Crippen molar-refractivity contribution in [1.82, 2.24) is 19.5 Å². The van der Waals surface area contributed by atoms with Gasteiger partial charge in [0.2, 0.25) is 0 Å². The Morgan fingerprint density at radius 3 is 3.00 bits per heavy atom. The topological polar surface area (TPSA) is 97.3 Å². The summed E-state index contributed by atoms with van der Waals surface area (Å²) < 4.78 is 18.2. The summed E-state index contributed by atoms with van der Waals surface area (Å²) in [6.45, 7) is 2.50. The molecule has 0 aromatic carbocycles. The Morgan fingerprint density at radius 2 is 2.26 bits per heavy atom. The molecule has 0 saturated carbocycles. The first-order chi connectivity index (χ1) is 9.26. The van der Waals surface area contributed by atoms with Crippen LogP contribution in [-0.4, -0.2) is 45.6 Å². The Morgan fingerprint density at radius 1 is 1.42 bits per heavy atom. The minimum Gasteiger partial charge on any atom is -0.382 e. The predicted octanol–water partition coefficient (Wildman–Crippen LogP) is 0.315. The molecule has 8 nitrogen and oxygen atoms in total. The molecule has 3 atom stereocenters. The van der Waals surface area contributed by atoms with E-state index in [-0.39, 0.29) is 18.6 Å². The van der Waals surface area contributed by atoms with Gasteiger partial charge in [-0.2, -0.15) is 0 Å². The zero-order valence-corrected chi connectivity index (χ0v) is 10.7. The maximum atomic E-state index is 5.75. The molecular weight excluding hydrogens is 250 g/mol. The number of hydrogen-bond acceptors (Lipinski definition) is 7. The van der Waals surface area contributed by atoms with Crippen LogP contribution in [-0.2, 0) is 14.2 Å². The van der Waals surface area contributed by atoms with Gasteiger partial charge in [0.25, 0.3) is 0 Å². The molecule has 1 saturated heterocycles. The van der Waals surface area contributed by atoms with E-state index in [1.807, 2.05) is 6.92 Å². The zero-order chi connectivity index (χ0) is 13.4. The first-order valence-corrected chi connectivity index (χ1v) is 5.99. The first-order valence-electron chi connectivity index (χ1n) is 5.99. The van der Waals surface area contributed by atoms with Gasteiger partial charge in [-0.25, -0.2) is 15.0 Å². The van der Waals surface area contributed by atoms with Gasteiger partial charge >= 0.3 is 0 Å². The minimum absolute atomic E-state index is 0.191. The largest absolute Gasteiger partial charge is 0.382 e. The van der Waals surface area contributed by atoms with Crippen molar-refractivity contribution in [2.24, 2.45) is 0 Å². The molecule has 1 aliphatic heterocycles. The summed E-state index contributed by atoms with van der Waals surface area (Å²) >= 11 is 0. The number of ether oxygens (including phenoxy) is 3. The third-order valence-corrected chi connectivity index (χ3v) is 3.08. The van der Waals surface area contributed by atoms with Crippen LogP contribution in [0.1, 0.15) is 13.2 Å². The van der Waals surface area contributed by atoms with Crippen molar-refractivity contribution >= 4 is 17.0 Å². The number of nitrogens with zero attached hydrogens (tertiary/aromatic N) is 4. The van der Waals surface area contributed by atoms with Gasteiger partial charge in [-0.3, -0.25) is 4.57 Å². The quantitative estimate of drug-likeness (QED) is 0.849. The van der Waals surface area contributed by atoms with Gasteiger partial charge in [0.05, 0.1) is 6.33 Å². The van der Waals surface area contributed by atoms with E-state index >= 15 is 0 Å². The minimum atomic E-state index is -0.374. The molecule has 8 heteroatoms. The van der Waals surface area contributed by atoms with Crippen molar-refractivity contribution in [3.05, 3.63) is 12.7 Å². The van der Waals surface area contributed by atoms with E-state index in [9.17, 15) is 0 Å². The normalized spacial score (nSPS) is 26.5. The van der Waals surface area contributed by atoms with E-state index in [0.717, 1.165) is 0 Å². The number of fused-ring (bicyclic) bond motifs is 1. The summed E-state index contributed by atoms with van der Waals surface area (Å²) in [5.74, 6) is 0.347. The number of aromatic nitrogens is 4. The Kier molecular flexibility index (Phi) is 3.05. The monoisotopic (exact) mass is 265 g/mol. The number of nitrogens with two attached hydrogens (primary N) is 1. The smallest absolute Gasteiger partial charge is 0.190 e. The third-order valence-electron chi connectivity index (χ3n) is 3.08. The third kappa shape index (κ3) is 1.84. The van der Waals surface area contributed by atoms with Gasteiger partial charge in [-0.15, -0.1) is 0 Å². The summed E-state index contributed by atoms with van der Waals surface area (Å²) in [4.78, 5) is 12.3. The van der Waals surface area contributed by atoms with E-state index in [4.69, 9.17) is 19.9 Å². The molecule has 2 aromatic heterocycles. The second-order valence-electron chi connectivity index (χ2n) is 4.13. The predicted molar refractivity (Wildman–Crippen MR) is 66.1 cm³/mol. The number of imidazole rings is 1. The van der Waals surface area contributed by atoms with Gasteiger partial charge in [-0.05, 0) is 6.92 Å². The molecule has 0 spiro atoms. The molecule has 1 fully saturated rings. The maximum Gasteiger partial charge on any atom is 0.190 e. The highest BCUT2D eigenvalue weighted by Crippen LogP contribution is 2.35. The SMILES string of the molecule is CCO[C@H]1C(OC)O[C@H]1n1cnc2c(N)ncnc21. The second-order valence-corrected chi connectivity index (χ2v) is 4.13. The van der Waals surface area contributed by atoms with E-state index in [1.165, 1.54) is 6.33 Å². The maximum absolute atomic E-state index is 5.75. The highest BCUT2D eigenvalue weighted by Gasteiger charge is 2.45. The number of anilines is 1. The fourth-order valence-corrected chi connectivity index (χ4v) is 2.16. The molecule has 2 aromatic rings. The average molecular weight is 265 g/mol. The van der Waals surface area contributed by atoms with E-state index in [0.29, 0.717) is 23.6 Å². The van der Waals surface area contributed by atoms with Crippen LogP contribution in [0.5, 0.6) is 0 Å². The molecule has 0 aliphatic carbocycles. The Bertz CT molecular complexity index is 587. The lowest BCUT2D eigenvalue weighted by molar-refractivity contribution is -0.350. The summed E-state index contributed by atoms with van der Waals surface area (Å²) in [6, 6.07) is 0. The number of hydrogen-bond donors (Lipinski definition) is 1. The van der Waals surface area contributed by atoms with Crippen molar-refractivity contribution in [3.8, 4) is 0 Å². The Labute approximate surface area is 109 Å². The number of nitrogen functional groups attached to an aromatic ring is 1. The lowest BCUT2D eigenvalue weighted by Crippen LogP contribution is -2.52. The van der Waals surface area contributed by atoms with Crippen LogP contribution < -0.4 is 5.73 Å². The summed E-state index contributed by atoms with van der Waals surface area (Å²) in [6.07, 6.45) is 2.14. The first kappa shape index (κ1) is 12.3. The van der Waals surface area contributed by atoms with Gasteiger partial charge in [0, 0.05) is 13.7 Å². The van der Waals surface area contributed by atoms with Crippen LogP contribution in [0.15, 0.2) is 12.7 Å². The molecule has 0 amide bonds. The van der Waals surface area contributed by atoms with Gasteiger partial charge in [0.1, 0.15) is 11.8 Å². The molecule has 3 rings (SSSR count). The summed E-state index contributed by atoms with van der Waals surface area (Å²) in [5.41, 5.74) is 6.93. The fraction of sp³-hybridized carbons (Fsp3) is 0.545. The molecule has 19 heavy (non-hydrogen) atoms. The Hall–Kier alpha value is -1.77. The standard InChI is InChI=1S/C11H15N5O3/c1-3-18-7-10(19-11(7)17-2)16-5-15-6-8(12)13-4-14-9(6)16/h4-5,7,10-11H,3H2,1-2H3,(H2,12,13,14)/t7-,10-,11?/m1/s1. The van der Waals surface area contributed by atoms with E-state index < -0.39 is 0 Å². The average Bonchev–Trinajstić information content (AvgIpc) is 2.81. The Balaban J connectivity index is 1.94. The lowest BCUT2D eigenvalue weighted by atomic mass is 10.2. The van der Waals surface area contributed by atoms with Crippen molar-refractivity contribution in [1.29, 1.82) is 0 Å². The summed E-state index contributed by atoms with van der Waals surface area (Å²) in [7, 11) is 1.58. The van der Waals surface area contributed by atoms with Crippen LogP contribution in [0, 0.1) is 0 Å². The molecule has 1 unspecified atom stereocenters. The van der Waals surface area contributed by atoms with Crippen LogP contribution >= 0.6 is 0 Å². The molecule has 0 bridgehead atoms. The molecule has 3 heterocycles. The molecule has 1 aliphatic rings. The van der Waals surface area contributed by atoms with Crippen LogP contribution in [0.25, 0.3) is 11.2 Å². The molecule has 102 valence electrons. The molecule has 0 radical (unpaired) electrons. The van der Waals surface area contributed by atoms with Gasteiger partial charge in [-0.1, -0.05) is 0 Å². The van der Waals surface area contributed by atoms with Gasteiger partial charge in [0.15, 0.2) is 30.1 Å². The molecular formula is C11H15N5O3. The molecule has 2 N–H and O–H groups in total. The highest BCUT2D eigenvalue weighted by molar-refractivity contribution is 5.81. The fourth-order valence-electron chi connectivity index (χ4n) is 2.16. The summed E-state index contributed by atoms with van der Waals surface area (Å²) in [5, 5.41) is 0.